The summed E-state index contributed by atoms with van der Waals surface area (Å²) < 4.78 is 15.8. The number of carbonyl (C=O) groups excluding carboxylic acids is 3. The molecule has 182 valence electrons. The average Bonchev–Trinajstić information content (AvgIpc) is 3.40. The van der Waals surface area contributed by atoms with Crippen molar-refractivity contribution in [2.24, 2.45) is 0 Å². The highest BCUT2D eigenvalue weighted by molar-refractivity contribution is 8.03. The van der Waals surface area contributed by atoms with Crippen LogP contribution in [0.4, 0.5) is 0 Å². The van der Waals surface area contributed by atoms with Gasteiger partial charge in [-0.05, 0) is 31.5 Å². The lowest BCUT2D eigenvalue weighted by atomic mass is 9.84. The van der Waals surface area contributed by atoms with E-state index in [1.807, 2.05) is 30.3 Å². The number of hydrogen-bond donors (Lipinski definition) is 2. The van der Waals surface area contributed by atoms with Gasteiger partial charge in [0.15, 0.2) is 0 Å². The highest BCUT2D eigenvalue weighted by atomic mass is 32.2. The highest BCUT2D eigenvalue weighted by Gasteiger charge is 2.38. The maximum absolute atomic E-state index is 13.1. The molecule has 1 aromatic heterocycles. The van der Waals surface area contributed by atoms with E-state index in [9.17, 15) is 19.6 Å². The molecule has 1 aromatic carbocycles. The third-order valence-electron chi connectivity index (χ3n) is 4.92. The van der Waals surface area contributed by atoms with Gasteiger partial charge in [0.1, 0.15) is 12.3 Å². The van der Waals surface area contributed by atoms with Gasteiger partial charge in [0, 0.05) is 0 Å². The minimum absolute atomic E-state index is 0.0748. The van der Waals surface area contributed by atoms with E-state index in [2.05, 4.69) is 16.7 Å². The summed E-state index contributed by atoms with van der Waals surface area (Å²) in [6, 6.07) is 14.7. The highest BCUT2D eigenvalue weighted by Crippen LogP contribution is 2.43. The number of ether oxygens (including phenoxy) is 2. The maximum atomic E-state index is 13.1. The van der Waals surface area contributed by atoms with Crippen molar-refractivity contribution in [3.8, 4) is 6.07 Å². The lowest BCUT2D eigenvalue weighted by Crippen LogP contribution is -2.33. The van der Waals surface area contributed by atoms with Gasteiger partial charge in [-0.3, -0.25) is 9.59 Å². The van der Waals surface area contributed by atoms with Crippen molar-refractivity contribution < 1.29 is 28.3 Å². The summed E-state index contributed by atoms with van der Waals surface area (Å²) in [5.41, 5.74) is 1.61. The average molecular weight is 496 g/mol. The fourth-order valence-electron chi connectivity index (χ4n) is 3.47. The van der Waals surface area contributed by atoms with Crippen molar-refractivity contribution in [1.29, 1.82) is 5.26 Å². The van der Waals surface area contributed by atoms with Gasteiger partial charge in [-0.25, -0.2) is 4.79 Å². The molecular formula is C25H25N3O6S. The van der Waals surface area contributed by atoms with Crippen LogP contribution in [0, 0.1) is 11.3 Å². The van der Waals surface area contributed by atoms with Gasteiger partial charge in [-0.15, -0.1) is 0 Å². The van der Waals surface area contributed by atoms with Crippen molar-refractivity contribution in [3.63, 3.8) is 0 Å². The third-order valence-corrected chi connectivity index (χ3v) is 5.94. The SMILES string of the molecule is CCOC(=O)CNC(=O)CSC1=C(C#N)C(c2ccco2)C(C(=O)OCC)=C(c2ccccc2)N1. The van der Waals surface area contributed by atoms with Crippen LogP contribution in [-0.2, 0) is 23.9 Å². The maximum Gasteiger partial charge on any atom is 0.337 e. The van der Waals surface area contributed by atoms with Gasteiger partial charge < -0.3 is 24.5 Å². The van der Waals surface area contributed by atoms with Gasteiger partial charge >= 0.3 is 11.9 Å². The second-order valence-corrected chi connectivity index (χ2v) is 8.16. The molecule has 0 radical (unpaired) electrons. The van der Waals surface area contributed by atoms with Gasteiger partial charge in [0.05, 0.1) is 59.1 Å². The quantitative estimate of drug-likeness (QED) is 0.477. The number of hydrogen-bond acceptors (Lipinski definition) is 9. The van der Waals surface area contributed by atoms with Gasteiger partial charge in [0.25, 0.3) is 0 Å². The summed E-state index contributed by atoms with van der Waals surface area (Å²) in [4.78, 5) is 37.0. The van der Waals surface area contributed by atoms with E-state index in [-0.39, 0.29) is 36.7 Å². The molecule has 9 nitrogen and oxygen atoms in total. The standard InChI is InChI=1S/C25H25N3O6S/c1-3-32-20(30)14-27-19(29)15-35-24-17(13-26)21(18-11-8-12-34-18)22(25(31)33-4-2)23(28-24)16-9-6-5-7-10-16/h5-12,21,28H,3-4,14-15H2,1-2H3,(H,27,29). The van der Waals surface area contributed by atoms with Crippen molar-refractivity contribution in [2.75, 3.05) is 25.5 Å². The van der Waals surface area contributed by atoms with E-state index in [0.717, 1.165) is 11.8 Å². The molecule has 0 aliphatic carbocycles. The molecule has 2 heterocycles. The molecule has 0 fully saturated rings. The number of carbonyl (C=O) groups is 3. The molecule has 0 spiro atoms. The summed E-state index contributed by atoms with van der Waals surface area (Å²) in [5, 5.41) is 16.1. The largest absolute Gasteiger partial charge is 0.468 e. The summed E-state index contributed by atoms with van der Waals surface area (Å²) in [7, 11) is 0. The van der Waals surface area contributed by atoms with Crippen molar-refractivity contribution in [1.82, 2.24) is 10.6 Å². The Kier molecular flexibility index (Phi) is 9.15. The second-order valence-electron chi connectivity index (χ2n) is 7.17. The Bertz CT molecular complexity index is 1170. The molecule has 2 N–H and O–H groups in total. The Morgan fingerprint density at radius 1 is 1.11 bits per heavy atom. The van der Waals surface area contributed by atoms with Gasteiger partial charge in [-0.2, -0.15) is 5.26 Å². The van der Waals surface area contributed by atoms with E-state index in [1.54, 1.807) is 26.0 Å². The van der Waals surface area contributed by atoms with E-state index in [1.165, 1.54) is 6.26 Å². The van der Waals surface area contributed by atoms with Crippen LogP contribution >= 0.6 is 11.8 Å². The normalized spacial score (nSPS) is 15.2. The molecule has 0 bridgehead atoms. The first kappa shape index (κ1) is 25.6. The number of rotatable bonds is 10. The number of benzene rings is 1. The second kappa shape index (κ2) is 12.5. The van der Waals surface area contributed by atoms with Crippen molar-refractivity contribution in [2.45, 2.75) is 19.8 Å². The van der Waals surface area contributed by atoms with E-state index >= 15 is 0 Å². The Labute approximate surface area is 207 Å². The summed E-state index contributed by atoms with van der Waals surface area (Å²) in [6.07, 6.45) is 1.47. The molecule has 0 saturated carbocycles. The zero-order valence-electron chi connectivity index (χ0n) is 19.3. The van der Waals surface area contributed by atoms with Gasteiger partial charge in [0.2, 0.25) is 5.91 Å². The minimum atomic E-state index is -0.837. The molecule has 3 rings (SSSR count). The number of esters is 2. The Balaban J connectivity index is 1.98. The van der Waals surface area contributed by atoms with Crippen LogP contribution in [-0.4, -0.2) is 43.4 Å². The first-order valence-corrected chi connectivity index (χ1v) is 11.9. The molecule has 1 amide bonds. The van der Waals surface area contributed by atoms with E-state index < -0.39 is 23.8 Å². The molecule has 35 heavy (non-hydrogen) atoms. The van der Waals surface area contributed by atoms with Gasteiger partial charge in [-0.1, -0.05) is 42.1 Å². The van der Waals surface area contributed by atoms with Crippen LogP contribution in [0.25, 0.3) is 5.70 Å². The fourth-order valence-corrected chi connectivity index (χ4v) is 4.34. The van der Waals surface area contributed by atoms with Crippen LogP contribution in [0.15, 0.2) is 69.3 Å². The number of nitrogens with zero attached hydrogens (tertiary/aromatic N) is 1. The molecule has 1 aliphatic rings. The van der Waals surface area contributed by atoms with Crippen LogP contribution in [0.1, 0.15) is 31.1 Å². The van der Waals surface area contributed by atoms with Crippen LogP contribution in [0.2, 0.25) is 0 Å². The number of dihydropyridines is 1. The Morgan fingerprint density at radius 2 is 1.86 bits per heavy atom. The predicted molar refractivity (Wildman–Crippen MR) is 129 cm³/mol. The van der Waals surface area contributed by atoms with Crippen molar-refractivity contribution in [3.05, 3.63) is 76.2 Å². The first-order valence-electron chi connectivity index (χ1n) is 11.0. The van der Waals surface area contributed by atoms with E-state index in [4.69, 9.17) is 13.9 Å². The molecule has 1 unspecified atom stereocenters. The predicted octanol–water partition coefficient (Wildman–Crippen LogP) is 3.09. The molecular weight excluding hydrogens is 470 g/mol. The molecule has 0 saturated heterocycles. The van der Waals surface area contributed by atoms with Crippen LogP contribution in [0.5, 0.6) is 0 Å². The van der Waals surface area contributed by atoms with Crippen molar-refractivity contribution >= 4 is 35.3 Å². The third kappa shape index (κ3) is 6.33. The lowest BCUT2D eigenvalue weighted by Gasteiger charge is -2.29. The van der Waals surface area contributed by atoms with Crippen LogP contribution < -0.4 is 10.6 Å². The van der Waals surface area contributed by atoms with Crippen LogP contribution in [0.3, 0.4) is 0 Å². The first-order chi connectivity index (χ1) is 17.0. The number of thioether (sulfide) groups is 1. The summed E-state index contributed by atoms with van der Waals surface area (Å²) in [5.74, 6) is -2.05. The zero-order valence-corrected chi connectivity index (χ0v) is 20.1. The lowest BCUT2D eigenvalue weighted by molar-refractivity contribution is -0.143. The number of furan rings is 1. The number of nitrogens with one attached hydrogen (secondary N) is 2. The summed E-state index contributed by atoms with van der Waals surface area (Å²) in [6.45, 7) is 3.51. The molecule has 2 aromatic rings. The molecule has 1 aliphatic heterocycles. The topological polar surface area (TPSA) is 131 Å². The smallest absolute Gasteiger partial charge is 0.337 e. The zero-order chi connectivity index (χ0) is 25.2. The fraction of sp³-hybridized carbons (Fsp3) is 0.280. The number of amides is 1. The number of allylic oxidation sites excluding steroid dienone is 1. The van der Waals surface area contributed by atoms with E-state index in [0.29, 0.717) is 22.0 Å². The Hall–Kier alpha value is -3.97. The molecule has 10 heteroatoms. The molecule has 1 atom stereocenters. The minimum Gasteiger partial charge on any atom is -0.468 e. The Morgan fingerprint density at radius 3 is 2.49 bits per heavy atom. The monoisotopic (exact) mass is 495 g/mol. The number of nitriles is 1. The summed E-state index contributed by atoms with van der Waals surface area (Å²) >= 11 is 1.08.